The molecule has 1 fully saturated rings. The third-order valence-electron chi connectivity index (χ3n) is 6.34. The number of amides is 1. The fourth-order valence-electron chi connectivity index (χ4n) is 4.63. The molecule has 1 heterocycles. The molecule has 3 aromatic rings. The number of ether oxygens (including phenoxy) is 4. The van der Waals surface area contributed by atoms with Gasteiger partial charge in [0.1, 0.15) is 17.3 Å². The number of rotatable bonds is 9. The van der Waals surface area contributed by atoms with Crippen LogP contribution < -0.4 is 23.8 Å². The molecule has 1 atom stereocenters. The molecule has 1 saturated heterocycles. The Morgan fingerprint density at radius 1 is 0.897 bits per heavy atom. The van der Waals surface area contributed by atoms with Crippen molar-refractivity contribution in [1.82, 2.24) is 0 Å². The molecule has 204 valence electrons. The Labute approximate surface area is 232 Å². The Balaban J connectivity index is 1.97. The summed E-state index contributed by atoms with van der Waals surface area (Å²) >= 11 is 6.36. The molecule has 39 heavy (non-hydrogen) atoms. The number of nitrogens with zero attached hydrogens (tertiary/aromatic N) is 1. The predicted octanol–water partition coefficient (Wildman–Crippen LogP) is 6.09. The summed E-state index contributed by atoms with van der Waals surface area (Å²) in [6.07, 6.45) is 0. The number of anilines is 1. The van der Waals surface area contributed by atoms with Crippen molar-refractivity contribution < 1.29 is 33.6 Å². The predicted molar refractivity (Wildman–Crippen MR) is 149 cm³/mol. The minimum atomic E-state index is -0.942. The number of carbonyl (C=O) groups is 2. The van der Waals surface area contributed by atoms with Crippen molar-refractivity contribution in [3.63, 3.8) is 0 Å². The largest absolute Gasteiger partial charge is 0.507 e. The fourth-order valence-corrected chi connectivity index (χ4v) is 4.88. The first-order valence-corrected chi connectivity index (χ1v) is 12.8. The average molecular weight is 552 g/mol. The molecule has 0 spiro atoms. The molecule has 1 aliphatic rings. The molecule has 1 N–H and O–H groups in total. The smallest absolute Gasteiger partial charge is 0.300 e. The van der Waals surface area contributed by atoms with E-state index in [1.165, 1.54) is 31.3 Å². The molecule has 0 aliphatic carbocycles. The highest BCUT2D eigenvalue weighted by molar-refractivity contribution is 6.51. The molecule has 1 aliphatic heterocycles. The number of ketones is 1. The second kappa shape index (κ2) is 11.7. The van der Waals surface area contributed by atoms with Gasteiger partial charge in [0, 0.05) is 17.8 Å². The first-order chi connectivity index (χ1) is 18.7. The summed E-state index contributed by atoms with van der Waals surface area (Å²) in [5.74, 6) is -0.552. The standard InChI is InChI=1S/C30H30ClNO7/c1-6-38-22-12-11-19(14-25(22)39-7-2)32-27(18-10-8-9-17(3)13-18)26(29(34)30(32)35)28(33)20-15-21(31)24(37-5)16-23(20)36-4/h8-16,27,33H,6-7H2,1-5H3/b28-26+. The van der Waals surface area contributed by atoms with E-state index in [0.717, 1.165) is 5.56 Å². The van der Waals surface area contributed by atoms with E-state index in [0.29, 0.717) is 41.7 Å². The molecule has 8 nitrogen and oxygen atoms in total. The van der Waals surface area contributed by atoms with Crippen molar-refractivity contribution in [2.24, 2.45) is 0 Å². The summed E-state index contributed by atoms with van der Waals surface area (Å²) in [4.78, 5) is 28.6. The maximum atomic E-state index is 13.6. The molecule has 9 heteroatoms. The van der Waals surface area contributed by atoms with Crippen LogP contribution in [0.2, 0.25) is 5.02 Å². The summed E-state index contributed by atoms with van der Waals surface area (Å²) in [5, 5.41) is 11.8. The van der Waals surface area contributed by atoms with Crippen LogP contribution in [0.25, 0.3) is 5.76 Å². The van der Waals surface area contributed by atoms with Crippen molar-refractivity contribution >= 4 is 34.7 Å². The minimum Gasteiger partial charge on any atom is -0.507 e. The van der Waals surface area contributed by atoms with Gasteiger partial charge in [-0.15, -0.1) is 0 Å². The third-order valence-corrected chi connectivity index (χ3v) is 6.63. The van der Waals surface area contributed by atoms with Crippen molar-refractivity contribution in [3.05, 3.63) is 81.9 Å². The van der Waals surface area contributed by atoms with E-state index in [9.17, 15) is 14.7 Å². The number of carbonyl (C=O) groups excluding carboxylic acids is 2. The topological polar surface area (TPSA) is 94.5 Å². The molecule has 0 aromatic heterocycles. The van der Waals surface area contributed by atoms with Crippen LogP contribution in [0.3, 0.4) is 0 Å². The van der Waals surface area contributed by atoms with Crippen LogP contribution in [0, 0.1) is 6.92 Å². The zero-order valence-electron chi connectivity index (χ0n) is 22.4. The summed E-state index contributed by atoms with van der Waals surface area (Å²) in [5.41, 5.74) is 2.03. The number of halogens is 1. The van der Waals surface area contributed by atoms with Crippen LogP contribution in [0.4, 0.5) is 5.69 Å². The quantitative estimate of drug-likeness (QED) is 0.195. The number of hydrogen-bond acceptors (Lipinski definition) is 7. The van der Waals surface area contributed by atoms with Crippen molar-refractivity contribution in [2.75, 3.05) is 32.3 Å². The lowest BCUT2D eigenvalue weighted by Crippen LogP contribution is -2.29. The summed E-state index contributed by atoms with van der Waals surface area (Å²) in [6.45, 7) is 6.42. The molecule has 0 radical (unpaired) electrons. The summed E-state index contributed by atoms with van der Waals surface area (Å²) in [6, 6.07) is 14.5. The lowest BCUT2D eigenvalue weighted by Gasteiger charge is -2.26. The maximum Gasteiger partial charge on any atom is 0.300 e. The van der Waals surface area contributed by atoms with Crippen LogP contribution in [0.1, 0.15) is 36.6 Å². The Bertz CT molecular complexity index is 1450. The highest BCUT2D eigenvalue weighted by atomic mass is 35.5. The number of hydrogen-bond donors (Lipinski definition) is 1. The van der Waals surface area contributed by atoms with E-state index in [-0.39, 0.29) is 21.9 Å². The molecule has 1 unspecified atom stereocenters. The van der Waals surface area contributed by atoms with E-state index >= 15 is 0 Å². The lowest BCUT2D eigenvalue weighted by atomic mass is 9.94. The molecule has 4 rings (SSSR count). The van der Waals surface area contributed by atoms with Gasteiger partial charge in [0.05, 0.1) is 49.6 Å². The van der Waals surface area contributed by atoms with Crippen LogP contribution in [0.5, 0.6) is 23.0 Å². The van der Waals surface area contributed by atoms with Gasteiger partial charge in [-0.05, 0) is 44.5 Å². The van der Waals surface area contributed by atoms with Crippen molar-refractivity contribution in [2.45, 2.75) is 26.8 Å². The van der Waals surface area contributed by atoms with Gasteiger partial charge in [-0.3, -0.25) is 14.5 Å². The fraction of sp³-hybridized carbons (Fsp3) is 0.267. The van der Waals surface area contributed by atoms with Crippen LogP contribution >= 0.6 is 11.6 Å². The Hall–Kier alpha value is -4.17. The normalized spacial score (nSPS) is 16.4. The second-order valence-electron chi connectivity index (χ2n) is 8.77. The average Bonchev–Trinajstić information content (AvgIpc) is 3.19. The van der Waals surface area contributed by atoms with Gasteiger partial charge in [0.25, 0.3) is 11.7 Å². The van der Waals surface area contributed by atoms with E-state index in [1.807, 2.05) is 39.0 Å². The van der Waals surface area contributed by atoms with E-state index < -0.39 is 23.5 Å². The summed E-state index contributed by atoms with van der Waals surface area (Å²) in [7, 11) is 2.88. The number of aliphatic hydroxyl groups is 1. The Morgan fingerprint density at radius 3 is 2.23 bits per heavy atom. The Kier molecular flexibility index (Phi) is 8.35. The van der Waals surface area contributed by atoms with Gasteiger partial charge in [-0.1, -0.05) is 41.4 Å². The van der Waals surface area contributed by atoms with Crippen LogP contribution in [0.15, 0.2) is 60.2 Å². The highest BCUT2D eigenvalue weighted by Gasteiger charge is 2.47. The highest BCUT2D eigenvalue weighted by Crippen LogP contribution is 2.46. The number of Topliss-reactive ketones (excluding diaryl/α,β-unsaturated/α-hetero) is 1. The zero-order valence-corrected chi connectivity index (χ0v) is 23.2. The van der Waals surface area contributed by atoms with Crippen molar-refractivity contribution in [3.8, 4) is 23.0 Å². The van der Waals surface area contributed by atoms with Gasteiger partial charge in [-0.25, -0.2) is 0 Å². The van der Waals surface area contributed by atoms with Gasteiger partial charge in [-0.2, -0.15) is 0 Å². The van der Waals surface area contributed by atoms with E-state index in [1.54, 1.807) is 24.3 Å². The molecule has 1 amide bonds. The van der Waals surface area contributed by atoms with Gasteiger partial charge in [0.2, 0.25) is 0 Å². The zero-order chi connectivity index (χ0) is 28.3. The number of methoxy groups -OCH3 is 2. The van der Waals surface area contributed by atoms with Crippen LogP contribution in [-0.4, -0.2) is 44.2 Å². The van der Waals surface area contributed by atoms with Gasteiger partial charge in [0.15, 0.2) is 11.5 Å². The molecule has 0 saturated carbocycles. The van der Waals surface area contributed by atoms with E-state index in [2.05, 4.69) is 0 Å². The summed E-state index contributed by atoms with van der Waals surface area (Å²) < 4.78 is 22.2. The molecule has 3 aromatic carbocycles. The molecular formula is C30H30ClNO7. The number of aliphatic hydroxyl groups excluding tert-OH is 1. The van der Waals surface area contributed by atoms with Crippen molar-refractivity contribution in [1.29, 1.82) is 0 Å². The van der Waals surface area contributed by atoms with Gasteiger partial charge >= 0.3 is 0 Å². The van der Waals surface area contributed by atoms with Gasteiger partial charge < -0.3 is 24.1 Å². The van der Waals surface area contributed by atoms with E-state index in [4.69, 9.17) is 30.5 Å². The Morgan fingerprint density at radius 2 is 1.59 bits per heavy atom. The van der Waals surface area contributed by atoms with Crippen LogP contribution in [-0.2, 0) is 9.59 Å². The molecular weight excluding hydrogens is 522 g/mol. The number of benzene rings is 3. The minimum absolute atomic E-state index is 0.100. The molecule has 0 bridgehead atoms. The number of aryl methyl sites for hydroxylation is 1. The lowest BCUT2D eigenvalue weighted by molar-refractivity contribution is -0.132. The first kappa shape index (κ1) is 27.9. The maximum absolute atomic E-state index is 13.6. The third kappa shape index (κ3) is 5.25. The SMILES string of the molecule is CCOc1ccc(N2C(=O)C(=O)/C(=C(/O)c3cc(Cl)c(OC)cc3OC)C2c2cccc(C)c2)cc1OCC. The first-order valence-electron chi connectivity index (χ1n) is 12.4. The monoisotopic (exact) mass is 551 g/mol. The second-order valence-corrected chi connectivity index (χ2v) is 9.17.